The van der Waals surface area contributed by atoms with Crippen LogP contribution in [-0.4, -0.2) is 18.2 Å². The third-order valence-corrected chi connectivity index (χ3v) is 3.85. The first kappa shape index (κ1) is 14.9. The van der Waals surface area contributed by atoms with Gasteiger partial charge in [-0.3, -0.25) is 5.32 Å². The lowest BCUT2D eigenvalue weighted by Crippen LogP contribution is -2.45. The lowest BCUT2D eigenvalue weighted by atomic mass is 9.93. The third-order valence-electron chi connectivity index (χ3n) is 3.85. The topological polar surface area (TPSA) is 64.3 Å². The summed E-state index contributed by atoms with van der Waals surface area (Å²) in [4.78, 5) is 11.8. The van der Waals surface area contributed by atoms with E-state index in [1.54, 1.807) is 0 Å². The summed E-state index contributed by atoms with van der Waals surface area (Å²) in [7, 11) is 0. The molecule has 1 saturated carbocycles. The van der Waals surface area contributed by atoms with Gasteiger partial charge < -0.3 is 10.5 Å². The van der Waals surface area contributed by atoms with Crippen LogP contribution >= 0.6 is 0 Å². The molecule has 1 aliphatic carbocycles. The van der Waals surface area contributed by atoms with E-state index in [-0.39, 0.29) is 5.54 Å². The molecule has 0 spiro atoms. The van der Waals surface area contributed by atoms with Gasteiger partial charge in [-0.15, -0.1) is 0 Å². The highest BCUT2D eigenvalue weighted by Gasteiger charge is 2.27. The van der Waals surface area contributed by atoms with Gasteiger partial charge in [0.1, 0.15) is 6.61 Å². The zero-order valence-corrected chi connectivity index (χ0v) is 12.2. The van der Waals surface area contributed by atoms with Crippen LogP contribution in [0, 0.1) is 6.92 Å². The fourth-order valence-corrected chi connectivity index (χ4v) is 2.66. The molecule has 0 bridgehead atoms. The van der Waals surface area contributed by atoms with E-state index in [0.717, 1.165) is 36.9 Å². The molecule has 3 N–H and O–H groups in total. The van der Waals surface area contributed by atoms with E-state index in [4.69, 9.17) is 10.5 Å². The van der Waals surface area contributed by atoms with Crippen molar-refractivity contribution in [2.75, 3.05) is 11.9 Å². The van der Waals surface area contributed by atoms with E-state index in [1.807, 2.05) is 31.2 Å². The van der Waals surface area contributed by atoms with Crippen LogP contribution in [0.25, 0.3) is 0 Å². The first-order chi connectivity index (χ1) is 9.57. The van der Waals surface area contributed by atoms with Crippen LogP contribution in [-0.2, 0) is 4.74 Å². The molecule has 4 nitrogen and oxygen atoms in total. The van der Waals surface area contributed by atoms with Gasteiger partial charge >= 0.3 is 6.09 Å². The minimum Gasteiger partial charge on any atom is -0.447 e. The van der Waals surface area contributed by atoms with E-state index in [1.165, 1.54) is 12.8 Å². The van der Waals surface area contributed by atoms with Gasteiger partial charge in [0.2, 0.25) is 0 Å². The molecule has 0 aromatic heterocycles. The first-order valence-electron chi connectivity index (χ1n) is 7.37. The van der Waals surface area contributed by atoms with Crippen LogP contribution < -0.4 is 11.1 Å². The number of carbonyl (C=O) groups excluding carboxylic acids is 1. The van der Waals surface area contributed by atoms with E-state index in [0.29, 0.717) is 6.61 Å². The number of ether oxygens (including phenoxy) is 1. The van der Waals surface area contributed by atoms with E-state index in [9.17, 15) is 4.79 Å². The van der Waals surface area contributed by atoms with E-state index < -0.39 is 6.09 Å². The Labute approximate surface area is 120 Å². The molecule has 1 fully saturated rings. The average Bonchev–Trinajstić information content (AvgIpc) is 2.62. The Kier molecular flexibility index (Phi) is 5.01. The molecule has 0 radical (unpaired) electrons. The van der Waals surface area contributed by atoms with Crippen molar-refractivity contribution < 1.29 is 9.53 Å². The largest absolute Gasteiger partial charge is 0.447 e. The van der Waals surface area contributed by atoms with Crippen molar-refractivity contribution >= 4 is 11.8 Å². The standard InChI is InChI=1S/C16H24N2O2/c1-13-7-6-8-14(11-13)18-15(19)20-12-16(17)9-4-2-3-5-10-16/h6-8,11H,2-5,9-10,12,17H2,1H3,(H,18,19). The maximum absolute atomic E-state index is 11.8. The number of aryl methyl sites for hydroxylation is 1. The number of hydrogen-bond acceptors (Lipinski definition) is 3. The highest BCUT2D eigenvalue weighted by atomic mass is 16.5. The smallest absolute Gasteiger partial charge is 0.411 e. The fraction of sp³-hybridized carbons (Fsp3) is 0.562. The molecule has 0 saturated heterocycles. The average molecular weight is 276 g/mol. The van der Waals surface area contributed by atoms with Crippen LogP contribution in [0.5, 0.6) is 0 Å². The number of amides is 1. The van der Waals surface area contributed by atoms with Gasteiger partial charge in [0.05, 0.1) is 5.54 Å². The van der Waals surface area contributed by atoms with Crippen LogP contribution in [0.2, 0.25) is 0 Å². The maximum Gasteiger partial charge on any atom is 0.411 e. The number of nitrogens with one attached hydrogen (secondary N) is 1. The molecule has 1 aliphatic rings. The third kappa shape index (κ3) is 4.53. The Morgan fingerprint density at radius 1 is 1.30 bits per heavy atom. The summed E-state index contributed by atoms with van der Waals surface area (Å²) in [5.41, 5.74) is 7.82. The quantitative estimate of drug-likeness (QED) is 0.829. The van der Waals surface area contributed by atoms with Gasteiger partial charge in [-0.2, -0.15) is 0 Å². The van der Waals surface area contributed by atoms with Crippen molar-refractivity contribution in [1.29, 1.82) is 0 Å². The summed E-state index contributed by atoms with van der Waals surface area (Å²) in [5.74, 6) is 0. The minimum absolute atomic E-state index is 0.296. The molecular formula is C16H24N2O2. The molecule has 0 atom stereocenters. The molecule has 0 heterocycles. The van der Waals surface area contributed by atoms with Gasteiger partial charge in [0, 0.05) is 5.69 Å². The zero-order chi connectivity index (χ0) is 14.4. The van der Waals surface area contributed by atoms with E-state index in [2.05, 4.69) is 5.32 Å². The summed E-state index contributed by atoms with van der Waals surface area (Å²) < 4.78 is 5.31. The summed E-state index contributed by atoms with van der Waals surface area (Å²) in [5, 5.41) is 2.74. The molecule has 2 rings (SSSR count). The molecule has 20 heavy (non-hydrogen) atoms. The Hall–Kier alpha value is -1.55. The second-order valence-corrected chi connectivity index (χ2v) is 5.85. The summed E-state index contributed by atoms with van der Waals surface area (Å²) in [6, 6.07) is 7.64. The van der Waals surface area contributed by atoms with Gasteiger partial charge in [-0.25, -0.2) is 4.79 Å². The molecule has 110 valence electrons. The van der Waals surface area contributed by atoms with Crippen LogP contribution in [0.3, 0.4) is 0 Å². The van der Waals surface area contributed by atoms with Crippen molar-refractivity contribution in [2.45, 2.75) is 51.0 Å². The predicted octanol–water partition coefficient (Wildman–Crippen LogP) is 3.60. The lowest BCUT2D eigenvalue weighted by Gasteiger charge is -2.27. The van der Waals surface area contributed by atoms with Crippen molar-refractivity contribution in [3.8, 4) is 0 Å². The van der Waals surface area contributed by atoms with Gasteiger partial charge in [-0.1, -0.05) is 37.8 Å². The molecule has 1 aromatic carbocycles. The van der Waals surface area contributed by atoms with E-state index >= 15 is 0 Å². The highest BCUT2D eigenvalue weighted by Crippen LogP contribution is 2.25. The number of hydrogen-bond donors (Lipinski definition) is 2. The normalized spacial score (nSPS) is 18.1. The van der Waals surface area contributed by atoms with Crippen LogP contribution in [0.1, 0.15) is 44.1 Å². The van der Waals surface area contributed by atoms with Crippen LogP contribution in [0.15, 0.2) is 24.3 Å². The Balaban J connectivity index is 1.82. The first-order valence-corrected chi connectivity index (χ1v) is 7.37. The van der Waals surface area contributed by atoms with Crippen molar-refractivity contribution in [1.82, 2.24) is 0 Å². The molecule has 1 amide bonds. The van der Waals surface area contributed by atoms with Crippen molar-refractivity contribution in [3.05, 3.63) is 29.8 Å². The SMILES string of the molecule is Cc1cccc(NC(=O)OCC2(N)CCCCCC2)c1. The predicted molar refractivity (Wildman–Crippen MR) is 80.8 cm³/mol. The number of nitrogens with two attached hydrogens (primary N) is 1. The van der Waals surface area contributed by atoms with Gasteiger partial charge in [0.25, 0.3) is 0 Å². The second kappa shape index (κ2) is 6.75. The second-order valence-electron chi connectivity index (χ2n) is 5.85. The Morgan fingerprint density at radius 2 is 2.00 bits per heavy atom. The highest BCUT2D eigenvalue weighted by molar-refractivity contribution is 5.84. The Morgan fingerprint density at radius 3 is 2.65 bits per heavy atom. The summed E-state index contributed by atoms with van der Waals surface area (Å²) in [6.07, 6.45) is 6.15. The molecule has 0 aliphatic heterocycles. The maximum atomic E-state index is 11.8. The number of rotatable bonds is 3. The molecule has 1 aromatic rings. The summed E-state index contributed by atoms with van der Waals surface area (Å²) >= 11 is 0. The molecular weight excluding hydrogens is 252 g/mol. The number of anilines is 1. The number of carbonyl (C=O) groups is 1. The summed E-state index contributed by atoms with van der Waals surface area (Å²) in [6.45, 7) is 2.28. The van der Waals surface area contributed by atoms with Crippen molar-refractivity contribution in [2.24, 2.45) is 5.73 Å². The fourth-order valence-electron chi connectivity index (χ4n) is 2.66. The van der Waals surface area contributed by atoms with Crippen molar-refractivity contribution in [3.63, 3.8) is 0 Å². The Bertz CT molecular complexity index is 452. The lowest BCUT2D eigenvalue weighted by molar-refractivity contribution is 0.122. The zero-order valence-electron chi connectivity index (χ0n) is 12.2. The van der Waals surface area contributed by atoms with Gasteiger partial charge in [0.15, 0.2) is 0 Å². The number of benzene rings is 1. The molecule has 0 unspecified atom stereocenters. The molecule has 4 heteroatoms. The van der Waals surface area contributed by atoms with Gasteiger partial charge in [-0.05, 0) is 37.5 Å². The minimum atomic E-state index is -0.426. The monoisotopic (exact) mass is 276 g/mol. The van der Waals surface area contributed by atoms with Crippen LogP contribution in [0.4, 0.5) is 10.5 Å².